The van der Waals surface area contributed by atoms with E-state index in [0.29, 0.717) is 18.1 Å². The molecule has 0 aliphatic carbocycles. The molecular formula is C19H19N5O3. The maximum atomic E-state index is 11.1. The van der Waals surface area contributed by atoms with E-state index in [1.807, 2.05) is 49.4 Å². The maximum absolute atomic E-state index is 11.1. The fourth-order valence-electron chi connectivity index (χ4n) is 2.35. The van der Waals surface area contributed by atoms with Gasteiger partial charge in [0.1, 0.15) is 6.61 Å². The van der Waals surface area contributed by atoms with Gasteiger partial charge in [0.05, 0.1) is 19.5 Å². The highest BCUT2D eigenvalue weighted by atomic mass is 16.5. The van der Waals surface area contributed by atoms with Crippen LogP contribution in [0.3, 0.4) is 0 Å². The molecule has 1 aromatic heterocycles. The van der Waals surface area contributed by atoms with E-state index >= 15 is 0 Å². The van der Waals surface area contributed by atoms with Gasteiger partial charge >= 0.3 is 5.69 Å². The summed E-state index contributed by atoms with van der Waals surface area (Å²) in [5.74, 6) is 1.50. The summed E-state index contributed by atoms with van der Waals surface area (Å²) in [5.41, 5.74) is 5.18. The Bertz CT molecular complexity index is 1000. The first-order chi connectivity index (χ1) is 13.2. The number of nitrogens with one attached hydrogen (secondary N) is 2. The number of ether oxygens (including phenoxy) is 2. The van der Waals surface area contributed by atoms with E-state index in [0.717, 1.165) is 11.1 Å². The van der Waals surface area contributed by atoms with Gasteiger partial charge in [-0.25, -0.2) is 9.89 Å². The lowest BCUT2D eigenvalue weighted by molar-refractivity contribution is 0.284. The highest BCUT2D eigenvalue weighted by molar-refractivity contribution is 5.81. The zero-order valence-electron chi connectivity index (χ0n) is 15.0. The van der Waals surface area contributed by atoms with Gasteiger partial charge in [-0.3, -0.25) is 5.43 Å². The number of aryl methyl sites for hydroxylation is 1. The summed E-state index contributed by atoms with van der Waals surface area (Å²) in [5, 5.41) is 9.85. The number of hydrazone groups is 1. The molecule has 27 heavy (non-hydrogen) atoms. The molecule has 1 heterocycles. The Hall–Kier alpha value is -3.68. The van der Waals surface area contributed by atoms with Crippen LogP contribution in [0, 0.1) is 6.92 Å². The Morgan fingerprint density at radius 3 is 2.85 bits per heavy atom. The highest BCUT2D eigenvalue weighted by Gasteiger charge is 2.06. The number of H-pyrrole nitrogens is 1. The molecular weight excluding hydrogens is 346 g/mol. The molecule has 8 heteroatoms. The molecule has 0 unspecified atom stereocenters. The van der Waals surface area contributed by atoms with Crippen molar-refractivity contribution in [3.8, 4) is 11.5 Å². The van der Waals surface area contributed by atoms with Crippen LogP contribution >= 0.6 is 0 Å². The van der Waals surface area contributed by atoms with Gasteiger partial charge in [-0.05, 0) is 41.8 Å². The fraction of sp³-hybridized carbons (Fsp3) is 0.158. The van der Waals surface area contributed by atoms with Crippen molar-refractivity contribution in [2.45, 2.75) is 13.5 Å². The fourth-order valence-corrected chi connectivity index (χ4v) is 2.35. The summed E-state index contributed by atoms with van der Waals surface area (Å²) < 4.78 is 11.3. The second-order valence-electron chi connectivity index (χ2n) is 5.67. The summed E-state index contributed by atoms with van der Waals surface area (Å²) in [4.78, 5) is 14.7. The normalized spacial score (nSPS) is 10.7. The number of hydrogen-bond donors (Lipinski definition) is 2. The first kappa shape index (κ1) is 18.1. The van der Waals surface area contributed by atoms with Crippen molar-refractivity contribution in [2.75, 3.05) is 12.5 Å². The summed E-state index contributed by atoms with van der Waals surface area (Å²) in [6.07, 6.45) is 2.94. The molecule has 0 fully saturated rings. The van der Waals surface area contributed by atoms with Crippen LogP contribution in [0.25, 0.3) is 0 Å². The van der Waals surface area contributed by atoms with E-state index in [9.17, 15) is 4.79 Å². The largest absolute Gasteiger partial charge is 0.493 e. The van der Waals surface area contributed by atoms with E-state index in [2.05, 4.69) is 25.7 Å². The molecule has 2 aromatic carbocycles. The van der Waals surface area contributed by atoms with Gasteiger partial charge in [-0.15, -0.1) is 0 Å². The minimum absolute atomic E-state index is 0.250. The van der Waals surface area contributed by atoms with E-state index < -0.39 is 5.69 Å². The van der Waals surface area contributed by atoms with Gasteiger partial charge in [0.25, 0.3) is 0 Å². The molecule has 0 saturated heterocycles. The number of hydrogen-bond acceptors (Lipinski definition) is 7. The average molecular weight is 365 g/mol. The van der Waals surface area contributed by atoms with Crippen molar-refractivity contribution in [3.63, 3.8) is 0 Å². The van der Waals surface area contributed by atoms with Gasteiger partial charge < -0.3 is 9.47 Å². The quantitative estimate of drug-likeness (QED) is 0.493. The molecule has 2 N–H and O–H groups in total. The molecule has 0 saturated carbocycles. The lowest BCUT2D eigenvalue weighted by Crippen LogP contribution is -2.13. The van der Waals surface area contributed by atoms with E-state index in [1.165, 1.54) is 11.8 Å². The molecule has 0 spiro atoms. The summed E-state index contributed by atoms with van der Waals surface area (Å²) in [6.45, 7) is 2.51. The molecule has 8 nitrogen and oxygen atoms in total. The van der Waals surface area contributed by atoms with Crippen LogP contribution in [0.15, 0.2) is 58.6 Å². The number of rotatable bonds is 7. The topological polar surface area (TPSA) is 101 Å². The Morgan fingerprint density at radius 1 is 1.22 bits per heavy atom. The van der Waals surface area contributed by atoms with Crippen molar-refractivity contribution >= 4 is 12.0 Å². The molecule has 3 aromatic rings. The Balaban J connectivity index is 1.67. The summed E-state index contributed by atoms with van der Waals surface area (Å²) in [6, 6.07) is 13.6. The Labute approximate surface area is 155 Å². The van der Waals surface area contributed by atoms with Gasteiger partial charge in [0.2, 0.25) is 0 Å². The zero-order valence-corrected chi connectivity index (χ0v) is 15.0. The number of aromatic nitrogens is 3. The second-order valence-corrected chi connectivity index (χ2v) is 5.67. The van der Waals surface area contributed by atoms with Crippen LogP contribution in [-0.4, -0.2) is 28.5 Å². The third-order valence-electron chi connectivity index (χ3n) is 3.79. The van der Waals surface area contributed by atoms with Crippen molar-refractivity contribution in [1.29, 1.82) is 0 Å². The third kappa shape index (κ3) is 4.91. The number of nitrogens with zero attached hydrogens (tertiary/aromatic N) is 3. The number of aromatic amines is 1. The van der Waals surface area contributed by atoms with Crippen molar-refractivity contribution < 1.29 is 9.47 Å². The van der Waals surface area contributed by atoms with Crippen LogP contribution in [0.4, 0.5) is 5.82 Å². The number of methoxy groups -OCH3 is 1. The SMILES string of the molecule is COc1cc(/C=N/Nc2cn[nH]c(=O)n2)ccc1OCc1ccccc1C. The van der Waals surface area contributed by atoms with Gasteiger partial charge in [0.15, 0.2) is 17.3 Å². The monoisotopic (exact) mass is 365 g/mol. The zero-order chi connectivity index (χ0) is 19.1. The van der Waals surface area contributed by atoms with Crippen molar-refractivity contribution in [2.24, 2.45) is 5.10 Å². The van der Waals surface area contributed by atoms with Crippen LogP contribution in [0.2, 0.25) is 0 Å². The van der Waals surface area contributed by atoms with Crippen LogP contribution in [0.1, 0.15) is 16.7 Å². The molecule has 0 radical (unpaired) electrons. The molecule has 3 rings (SSSR count). The Kier molecular flexibility index (Phi) is 5.78. The molecule has 0 atom stereocenters. The molecule has 0 aliphatic rings. The lowest BCUT2D eigenvalue weighted by Gasteiger charge is -2.12. The maximum Gasteiger partial charge on any atom is 0.363 e. The standard InChI is InChI=1S/C19H19N5O3/c1-13-5-3-4-6-15(13)12-27-16-8-7-14(9-17(16)26-2)10-20-23-18-11-21-24-19(25)22-18/h3-11H,12H2,1-2H3,(H2,22,23,24,25)/b20-10+. The van der Waals surface area contributed by atoms with Crippen molar-refractivity contribution in [1.82, 2.24) is 15.2 Å². The highest BCUT2D eigenvalue weighted by Crippen LogP contribution is 2.28. The van der Waals surface area contributed by atoms with Crippen molar-refractivity contribution in [3.05, 3.63) is 75.8 Å². The molecule has 0 amide bonds. The molecule has 138 valence electrons. The van der Waals surface area contributed by atoms with E-state index in [-0.39, 0.29) is 5.82 Å². The summed E-state index contributed by atoms with van der Waals surface area (Å²) >= 11 is 0. The van der Waals surface area contributed by atoms with Crippen LogP contribution in [-0.2, 0) is 6.61 Å². The smallest absolute Gasteiger partial charge is 0.363 e. The molecule has 0 bridgehead atoms. The average Bonchev–Trinajstić information content (AvgIpc) is 2.68. The molecule has 0 aliphatic heterocycles. The first-order valence-corrected chi connectivity index (χ1v) is 8.22. The predicted octanol–water partition coefficient (Wildman–Crippen LogP) is 2.51. The van der Waals surface area contributed by atoms with E-state index in [1.54, 1.807) is 13.3 Å². The second kappa shape index (κ2) is 8.61. The lowest BCUT2D eigenvalue weighted by atomic mass is 10.1. The minimum atomic E-state index is -0.549. The predicted molar refractivity (Wildman–Crippen MR) is 102 cm³/mol. The first-order valence-electron chi connectivity index (χ1n) is 8.22. The van der Waals surface area contributed by atoms with Gasteiger partial charge in [-0.2, -0.15) is 15.2 Å². The third-order valence-corrected chi connectivity index (χ3v) is 3.79. The minimum Gasteiger partial charge on any atom is -0.493 e. The van der Waals surface area contributed by atoms with Crippen LogP contribution < -0.4 is 20.6 Å². The van der Waals surface area contributed by atoms with Gasteiger partial charge in [0, 0.05) is 0 Å². The van der Waals surface area contributed by atoms with E-state index in [4.69, 9.17) is 9.47 Å². The van der Waals surface area contributed by atoms with Gasteiger partial charge in [-0.1, -0.05) is 24.3 Å². The number of anilines is 1. The van der Waals surface area contributed by atoms with Crippen LogP contribution in [0.5, 0.6) is 11.5 Å². The Morgan fingerprint density at radius 2 is 2.07 bits per heavy atom. The number of benzene rings is 2. The summed E-state index contributed by atoms with van der Waals surface area (Å²) in [7, 11) is 1.58.